The van der Waals surface area contributed by atoms with E-state index in [-0.39, 0.29) is 5.41 Å². The Balaban J connectivity index is 2.77. The predicted molar refractivity (Wildman–Crippen MR) is 52.0 cm³/mol. The van der Waals surface area contributed by atoms with E-state index in [9.17, 15) is 5.11 Å². The predicted octanol–water partition coefficient (Wildman–Crippen LogP) is 2.97. The zero-order valence-electron chi connectivity index (χ0n) is 8.85. The summed E-state index contributed by atoms with van der Waals surface area (Å²) in [5, 5.41) is 10.3. The van der Waals surface area contributed by atoms with Gasteiger partial charge in [0.05, 0.1) is 5.60 Å². The summed E-state index contributed by atoms with van der Waals surface area (Å²) in [6.45, 7) is 8.65. The van der Waals surface area contributed by atoms with Crippen molar-refractivity contribution in [1.82, 2.24) is 0 Å². The molecule has 1 heteroatoms. The monoisotopic (exact) mass is 170 g/mol. The molecule has 0 aliphatic heterocycles. The molecule has 0 aromatic rings. The Morgan fingerprint density at radius 2 is 2.00 bits per heavy atom. The maximum atomic E-state index is 10.3. The summed E-state index contributed by atoms with van der Waals surface area (Å²) in [6, 6.07) is 0. The third-order valence-corrected chi connectivity index (χ3v) is 4.02. The minimum atomic E-state index is -0.445. The van der Waals surface area contributed by atoms with Crippen LogP contribution in [0.3, 0.4) is 0 Å². The molecule has 1 aliphatic carbocycles. The molecule has 1 saturated carbocycles. The standard InChI is InChI=1S/C11H22O/c1-5-10(3)7-6-9(2)8-11(10,4)12/h9,12H,5-8H2,1-4H3. The van der Waals surface area contributed by atoms with Gasteiger partial charge in [-0.15, -0.1) is 0 Å². The van der Waals surface area contributed by atoms with E-state index < -0.39 is 5.60 Å². The summed E-state index contributed by atoms with van der Waals surface area (Å²) >= 11 is 0. The van der Waals surface area contributed by atoms with E-state index in [1.165, 1.54) is 12.8 Å². The van der Waals surface area contributed by atoms with Gasteiger partial charge in [0.25, 0.3) is 0 Å². The molecule has 1 rings (SSSR count). The van der Waals surface area contributed by atoms with E-state index in [2.05, 4.69) is 20.8 Å². The normalized spacial score (nSPS) is 49.2. The maximum Gasteiger partial charge on any atom is 0.0675 e. The zero-order valence-corrected chi connectivity index (χ0v) is 8.85. The van der Waals surface area contributed by atoms with Gasteiger partial charge in [-0.05, 0) is 43.9 Å². The van der Waals surface area contributed by atoms with E-state index >= 15 is 0 Å². The van der Waals surface area contributed by atoms with Gasteiger partial charge in [-0.3, -0.25) is 0 Å². The quantitative estimate of drug-likeness (QED) is 0.641. The number of hydrogen-bond donors (Lipinski definition) is 1. The summed E-state index contributed by atoms with van der Waals surface area (Å²) in [5.74, 6) is 0.694. The number of hydrogen-bond acceptors (Lipinski definition) is 1. The summed E-state index contributed by atoms with van der Waals surface area (Å²) in [5.41, 5.74) is -0.293. The lowest BCUT2D eigenvalue weighted by atomic mass is 9.61. The Morgan fingerprint density at radius 1 is 1.42 bits per heavy atom. The molecule has 3 atom stereocenters. The second kappa shape index (κ2) is 3.02. The van der Waals surface area contributed by atoms with Gasteiger partial charge in [0.15, 0.2) is 0 Å². The minimum absolute atomic E-state index is 0.152. The average Bonchev–Trinajstić information content (AvgIpc) is 1.97. The van der Waals surface area contributed by atoms with Gasteiger partial charge >= 0.3 is 0 Å². The molecular weight excluding hydrogens is 148 g/mol. The van der Waals surface area contributed by atoms with Crippen molar-refractivity contribution < 1.29 is 5.11 Å². The van der Waals surface area contributed by atoms with E-state index in [1.54, 1.807) is 0 Å². The highest BCUT2D eigenvalue weighted by Gasteiger charge is 2.45. The van der Waals surface area contributed by atoms with Crippen LogP contribution in [0.4, 0.5) is 0 Å². The van der Waals surface area contributed by atoms with Crippen LogP contribution in [-0.4, -0.2) is 10.7 Å². The van der Waals surface area contributed by atoms with Crippen molar-refractivity contribution in [3.8, 4) is 0 Å². The van der Waals surface area contributed by atoms with Crippen molar-refractivity contribution in [3.63, 3.8) is 0 Å². The molecule has 0 saturated heterocycles. The highest BCUT2D eigenvalue weighted by atomic mass is 16.3. The third-order valence-electron chi connectivity index (χ3n) is 4.02. The van der Waals surface area contributed by atoms with Crippen LogP contribution in [0, 0.1) is 11.3 Å². The molecule has 0 aromatic heterocycles. The summed E-state index contributed by atoms with van der Waals surface area (Å²) in [7, 11) is 0. The molecule has 0 radical (unpaired) electrons. The summed E-state index contributed by atoms with van der Waals surface area (Å²) < 4.78 is 0. The summed E-state index contributed by atoms with van der Waals surface area (Å²) in [6.07, 6.45) is 4.52. The Bertz CT molecular complexity index is 162. The van der Waals surface area contributed by atoms with E-state index in [0.29, 0.717) is 5.92 Å². The Kier molecular flexibility index (Phi) is 2.53. The van der Waals surface area contributed by atoms with Crippen LogP contribution in [0.2, 0.25) is 0 Å². The molecule has 0 heterocycles. The van der Waals surface area contributed by atoms with Crippen LogP contribution in [-0.2, 0) is 0 Å². The van der Waals surface area contributed by atoms with Gasteiger partial charge < -0.3 is 5.11 Å². The Labute approximate surface area is 76.2 Å². The first-order valence-corrected chi connectivity index (χ1v) is 5.14. The number of aliphatic hydroxyl groups is 1. The van der Waals surface area contributed by atoms with E-state index in [0.717, 1.165) is 12.8 Å². The van der Waals surface area contributed by atoms with Crippen molar-refractivity contribution in [3.05, 3.63) is 0 Å². The molecule has 3 unspecified atom stereocenters. The minimum Gasteiger partial charge on any atom is -0.390 e. The van der Waals surface area contributed by atoms with Gasteiger partial charge in [0.2, 0.25) is 0 Å². The molecular formula is C11H22O. The molecule has 0 aromatic carbocycles. The fourth-order valence-corrected chi connectivity index (χ4v) is 2.42. The molecule has 0 bridgehead atoms. The molecule has 0 spiro atoms. The van der Waals surface area contributed by atoms with E-state index in [1.807, 2.05) is 6.92 Å². The molecule has 1 aliphatic rings. The zero-order chi connectivity index (χ0) is 9.41. The highest BCUT2D eigenvalue weighted by molar-refractivity contribution is 4.96. The van der Waals surface area contributed by atoms with Gasteiger partial charge in [0.1, 0.15) is 0 Å². The van der Waals surface area contributed by atoms with Crippen LogP contribution < -0.4 is 0 Å². The van der Waals surface area contributed by atoms with Crippen molar-refractivity contribution in [2.24, 2.45) is 11.3 Å². The first kappa shape index (κ1) is 10.0. The van der Waals surface area contributed by atoms with Crippen LogP contribution in [0.1, 0.15) is 53.4 Å². The van der Waals surface area contributed by atoms with E-state index in [4.69, 9.17) is 0 Å². The maximum absolute atomic E-state index is 10.3. The third kappa shape index (κ3) is 1.52. The fraction of sp³-hybridized carbons (Fsp3) is 1.00. The molecule has 0 amide bonds. The van der Waals surface area contributed by atoms with Crippen LogP contribution in [0.25, 0.3) is 0 Å². The smallest absolute Gasteiger partial charge is 0.0675 e. The van der Waals surface area contributed by atoms with Gasteiger partial charge in [0, 0.05) is 0 Å². The van der Waals surface area contributed by atoms with Crippen molar-refractivity contribution >= 4 is 0 Å². The Morgan fingerprint density at radius 3 is 2.42 bits per heavy atom. The van der Waals surface area contributed by atoms with Crippen LogP contribution >= 0.6 is 0 Å². The first-order chi connectivity index (χ1) is 5.41. The molecule has 12 heavy (non-hydrogen) atoms. The van der Waals surface area contributed by atoms with Crippen molar-refractivity contribution in [1.29, 1.82) is 0 Å². The lowest BCUT2D eigenvalue weighted by Gasteiger charge is -2.48. The molecule has 1 fully saturated rings. The second-order valence-electron chi connectivity index (χ2n) is 5.04. The number of rotatable bonds is 1. The second-order valence-corrected chi connectivity index (χ2v) is 5.04. The first-order valence-electron chi connectivity index (χ1n) is 5.14. The van der Waals surface area contributed by atoms with Gasteiger partial charge in [-0.25, -0.2) is 0 Å². The van der Waals surface area contributed by atoms with Gasteiger partial charge in [-0.1, -0.05) is 20.8 Å². The average molecular weight is 170 g/mol. The highest BCUT2D eigenvalue weighted by Crippen LogP contribution is 2.47. The van der Waals surface area contributed by atoms with Crippen molar-refractivity contribution in [2.75, 3.05) is 0 Å². The molecule has 1 nitrogen and oxygen atoms in total. The topological polar surface area (TPSA) is 20.2 Å². The fourth-order valence-electron chi connectivity index (χ4n) is 2.42. The van der Waals surface area contributed by atoms with Crippen LogP contribution in [0.15, 0.2) is 0 Å². The SMILES string of the molecule is CCC1(C)CCC(C)CC1(C)O. The molecule has 1 N–H and O–H groups in total. The summed E-state index contributed by atoms with van der Waals surface area (Å²) in [4.78, 5) is 0. The van der Waals surface area contributed by atoms with Gasteiger partial charge in [-0.2, -0.15) is 0 Å². The molecule has 72 valence electrons. The Hall–Kier alpha value is -0.0400. The van der Waals surface area contributed by atoms with Crippen LogP contribution in [0.5, 0.6) is 0 Å². The largest absolute Gasteiger partial charge is 0.390 e. The van der Waals surface area contributed by atoms with Crippen molar-refractivity contribution in [2.45, 2.75) is 59.0 Å². The lowest BCUT2D eigenvalue weighted by molar-refractivity contribution is -0.107. The lowest BCUT2D eigenvalue weighted by Crippen LogP contribution is -2.48.